The number of hydrogen-bond donors (Lipinski definition) is 0. The van der Waals surface area contributed by atoms with Crippen molar-refractivity contribution in [2.45, 2.75) is 40.8 Å². The maximum atomic E-state index is 13.3. The molecule has 0 aliphatic carbocycles. The third kappa shape index (κ3) is 3.75. The summed E-state index contributed by atoms with van der Waals surface area (Å²) in [6, 6.07) is 10.5. The van der Waals surface area contributed by atoms with E-state index >= 15 is 0 Å². The van der Waals surface area contributed by atoms with Gasteiger partial charge in [-0.2, -0.15) is 4.52 Å². The van der Waals surface area contributed by atoms with Gasteiger partial charge in [0.2, 0.25) is 0 Å². The standard InChI is InChI=1S/C22H26N6OS/c1-5-26(6-2)22(29)27(14-19-8-7-9-30-19)13-18-12-17-11-15(3)10-16(4)20(17)28-21(18)23-24-25-28/h7-12H,5-6,13-14H2,1-4H3. The van der Waals surface area contributed by atoms with E-state index < -0.39 is 0 Å². The van der Waals surface area contributed by atoms with Gasteiger partial charge in [0, 0.05) is 28.9 Å². The van der Waals surface area contributed by atoms with Crippen LogP contribution in [0.5, 0.6) is 0 Å². The van der Waals surface area contributed by atoms with Crippen LogP contribution in [-0.4, -0.2) is 49.0 Å². The first kappa shape index (κ1) is 20.3. The molecule has 0 radical (unpaired) electrons. The molecule has 3 heterocycles. The van der Waals surface area contributed by atoms with Crippen LogP contribution in [0.2, 0.25) is 0 Å². The number of carbonyl (C=O) groups is 1. The third-order valence-electron chi connectivity index (χ3n) is 5.37. The summed E-state index contributed by atoms with van der Waals surface area (Å²) < 4.78 is 1.80. The molecule has 4 aromatic rings. The number of benzene rings is 1. The van der Waals surface area contributed by atoms with Gasteiger partial charge in [0.05, 0.1) is 18.6 Å². The van der Waals surface area contributed by atoms with Crippen molar-refractivity contribution < 1.29 is 4.79 Å². The van der Waals surface area contributed by atoms with Gasteiger partial charge in [-0.3, -0.25) is 0 Å². The lowest BCUT2D eigenvalue weighted by molar-refractivity contribution is 0.152. The number of carbonyl (C=O) groups excluding carboxylic acids is 1. The Morgan fingerprint density at radius 1 is 1.10 bits per heavy atom. The van der Waals surface area contributed by atoms with Crippen LogP contribution in [0.1, 0.15) is 35.4 Å². The van der Waals surface area contributed by atoms with Gasteiger partial charge in [-0.15, -0.1) is 16.4 Å². The average molecular weight is 423 g/mol. The molecular formula is C22H26N6OS. The normalized spacial score (nSPS) is 11.3. The predicted molar refractivity (Wildman–Crippen MR) is 120 cm³/mol. The van der Waals surface area contributed by atoms with E-state index in [0.717, 1.165) is 26.9 Å². The quantitative estimate of drug-likeness (QED) is 0.461. The van der Waals surface area contributed by atoms with Crippen molar-refractivity contribution >= 4 is 33.9 Å². The summed E-state index contributed by atoms with van der Waals surface area (Å²) in [5, 5.41) is 15.6. The minimum Gasteiger partial charge on any atom is -0.325 e. The molecule has 0 aliphatic heterocycles. The van der Waals surface area contributed by atoms with Crippen LogP contribution in [0, 0.1) is 13.8 Å². The van der Waals surface area contributed by atoms with Crippen LogP contribution in [-0.2, 0) is 13.1 Å². The Morgan fingerprint density at radius 3 is 2.60 bits per heavy atom. The van der Waals surface area contributed by atoms with E-state index in [1.54, 1.807) is 15.9 Å². The molecule has 0 N–H and O–H groups in total. The molecule has 0 bridgehead atoms. The van der Waals surface area contributed by atoms with E-state index in [0.29, 0.717) is 31.8 Å². The summed E-state index contributed by atoms with van der Waals surface area (Å²) >= 11 is 1.66. The Bertz CT molecular complexity index is 1180. The fourth-order valence-electron chi connectivity index (χ4n) is 3.98. The lowest BCUT2D eigenvalue weighted by atomic mass is 10.0. The molecule has 7 nitrogen and oxygen atoms in total. The van der Waals surface area contributed by atoms with Gasteiger partial charge < -0.3 is 9.80 Å². The summed E-state index contributed by atoms with van der Waals surface area (Å²) in [6.45, 7) is 10.5. The molecule has 0 spiro atoms. The lowest BCUT2D eigenvalue weighted by Gasteiger charge is -2.29. The topological polar surface area (TPSA) is 66.6 Å². The van der Waals surface area contributed by atoms with Gasteiger partial charge >= 0.3 is 6.03 Å². The van der Waals surface area contributed by atoms with Crippen LogP contribution in [0.25, 0.3) is 16.6 Å². The smallest absolute Gasteiger partial charge is 0.320 e. The van der Waals surface area contributed by atoms with Crippen molar-refractivity contribution in [2.75, 3.05) is 13.1 Å². The largest absolute Gasteiger partial charge is 0.325 e. The minimum absolute atomic E-state index is 0.0274. The molecule has 0 saturated heterocycles. The summed E-state index contributed by atoms with van der Waals surface area (Å²) in [5.41, 5.74) is 4.95. The number of hydrogen-bond acceptors (Lipinski definition) is 5. The molecule has 4 rings (SSSR count). The lowest BCUT2D eigenvalue weighted by Crippen LogP contribution is -2.42. The van der Waals surface area contributed by atoms with Gasteiger partial charge in [0.15, 0.2) is 5.65 Å². The fraction of sp³-hybridized carbons (Fsp3) is 0.364. The van der Waals surface area contributed by atoms with Gasteiger partial charge in [-0.25, -0.2) is 4.79 Å². The monoisotopic (exact) mass is 422 g/mol. The number of amides is 2. The molecule has 3 aromatic heterocycles. The van der Waals surface area contributed by atoms with E-state index in [1.165, 1.54) is 5.56 Å². The van der Waals surface area contributed by atoms with Crippen molar-refractivity contribution in [3.63, 3.8) is 0 Å². The van der Waals surface area contributed by atoms with Crippen molar-refractivity contribution in [3.05, 3.63) is 57.3 Å². The predicted octanol–water partition coefficient (Wildman–Crippen LogP) is 4.42. The second-order valence-corrected chi connectivity index (χ2v) is 8.53. The van der Waals surface area contributed by atoms with E-state index in [1.807, 2.05) is 35.1 Å². The average Bonchev–Trinajstić information content (AvgIpc) is 3.39. The van der Waals surface area contributed by atoms with Crippen molar-refractivity contribution in [3.8, 4) is 0 Å². The molecular weight excluding hydrogens is 396 g/mol. The Hall–Kier alpha value is -3.00. The number of pyridine rings is 1. The van der Waals surface area contributed by atoms with Crippen LogP contribution < -0.4 is 0 Å². The highest BCUT2D eigenvalue weighted by Crippen LogP contribution is 2.25. The molecule has 0 fully saturated rings. The maximum absolute atomic E-state index is 13.3. The van der Waals surface area contributed by atoms with Crippen LogP contribution in [0.15, 0.2) is 35.7 Å². The number of tetrazole rings is 1. The summed E-state index contributed by atoms with van der Waals surface area (Å²) in [6.07, 6.45) is 0. The minimum atomic E-state index is 0.0274. The second-order valence-electron chi connectivity index (χ2n) is 7.49. The Balaban J connectivity index is 1.79. The highest BCUT2D eigenvalue weighted by Gasteiger charge is 2.22. The highest BCUT2D eigenvalue weighted by molar-refractivity contribution is 7.09. The summed E-state index contributed by atoms with van der Waals surface area (Å²) in [7, 11) is 0. The first-order chi connectivity index (χ1) is 14.5. The van der Waals surface area contributed by atoms with E-state index in [4.69, 9.17) is 0 Å². The van der Waals surface area contributed by atoms with Crippen molar-refractivity contribution in [1.82, 2.24) is 29.8 Å². The Kier molecular flexibility index (Phi) is 5.67. The highest BCUT2D eigenvalue weighted by atomic mass is 32.1. The van der Waals surface area contributed by atoms with E-state index in [2.05, 4.69) is 53.6 Å². The zero-order valence-electron chi connectivity index (χ0n) is 17.8. The van der Waals surface area contributed by atoms with Crippen molar-refractivity contribution in [2.24, 2.45) is 0 Å². The van der Waals surface area contributed by atoms with Gasteiger partial charge in [0.25, 0.3) is 0 Å². The number of rotatable bonds is 6. The molecule has 0 unspecified atom stereocenters. The Morgan fingerprint density at radius 2 is 1.90 bits per heavy atom. The van der Waals surface area contributed by atoms with Crippen LogP contribution >= 0.6 is 11.3 Å². The number of aromatic nitrogens is 4. The number of thiophene rings is 1. The first-order valence-corrected chi connectivity index (χ1v) is 11.1. The summed E-state index contributed by atoms with van der Waals surface area (Å²) in [5.74, 6) is 0. The zero-order chi connectivity index (χ0) is 21.3. The van der Waals surface area contributed by atoms with E-state index in [9.17, 15) is 4.79 Å². The maximum Gasteiger partial charge on any atom is 0.320 e. The number of fused-ring (bicyclic) bond motifs is 3. The number of nitrogens with zero attached hydrogens (tertiary/aromatic N) is 6. The molecule has 2 amide bonds. The third-order valence-corrected chi connectivity index (χ3v) is 6.23. The van der Waals surface area contributed by atoms with Crippen molar-refractivity contribution in [1.29, 1.82) is 0 Å². The second kappa shape index (κ2) is 8.39. The van der Waals surface area contributed by atoms with Gasteiger partial charge in [0.1, 0.15) is 0 Å². The SMILES string of the molecule is CCN(CC)C(=O)N(Cc1cccs1)Cc1cc2cc(C)cc(C)c2n2nnnc12. The zero-order valence-corrected chi connectivity index (χ0v) is 18.6. The Labute approximate surface area is 179 Å². The summed E-state index contributed by atoms with van der Waals surface area (Å²) in [4.78, 5) is 18.2. The molecule has 1 aromatic carbocycles. The number of urea groups is 1. The molecule has 0 aliphatic rings. The molecule has 30 heavy (non-hydrogen) atoms. The fourth-order valence-corrected chi connectivity index (χ4v) is 4.70. The van der Waals surface area contributed by atoms with Gasteiger partial charge in [-0.1, -0.05) is 17.7 Å². The van der Waals surface area contributed by atoms with Crippen LogP contribution in [0.4, 0.5) is 4.79 Å². The number of aryl methyl sites for hydroxylation is 2. The first-order valence-electron chi connectivity index (χ1n) is 10.2. The van der Waals surface area contributed by atoms with Gasteiger partial charge in [-0.05, 0) is 67.3 Å². The van der Waals surface area contributed by atoms with Crippen LogP contribution in [0.3, 0.4) is 0 Å². The molecule has 8 heteroatoms. The molecule has 156 valence electrons. The molecule has 0 atom stereocenters. The molecule has 0 saturated carbocycles. The van der Waals surface area contributed by atoms with E-state index in [-0.39, 0.29) is 6.03 Å².